The van der Waals surface area contributed by atoms with Crippen molar-refractivity contribution in [3.05, 3.63) is 136 Å². The monoisotopic (exact) mass is 720 g/mol. The Kier molecular flexibility index (Phi) is 17.5. The van der Waals surface area contributed by atoms with Crippen LogP contribution in [0.25, 0.3) is 11.1 Å². The van der Waals surface area contributed by atoms with Gasteiger partial charge >= 0.3 is 0 Å². The van der Waals surface area contributed by atoms with Gasteiger partial charge in [0, 0.05) is 17.2 Å². The molecule has 0 saturated heterocycles. The van der Waals surface area contributed by atoms with E-state index in [-0.39, 0.29) is 17.3 Å². The number of benzene rings is 5. The lowest BCUT2D eigenvalue weighted by Gasteiger charge is -2.14. The molecule has 5 aromatic carbocycles. The Bertz CT molecular complexity index is 1820. The summed E-state index contributed by atoms with van der Waals surface area (Å²) in [7, 11) is 8.26. The van der Waals surface area contributed by atoms with Crippen LogP contribution < -0.4 is 23.7 Å². The first-order chi connectivity index (χ1) is 25.2. The summed E-state index contributed by atoms with van der Waals surface area (Å²) in [5.74, 6) is 4.28. The van der Waals surface area contributed by atoms with Crippen LogP contribution in [0, 0.1) is 27.7 Å². The van der Waals surface area contributed by atoms with E-state index in [2.05, 4.69) is 52.0 Å². The van der Waals surface area contributed by atoms with Crippen LogP contribution in [0.1, 0.15) is 74.1 Å². The molecule has 0 saturated carbocycles. The lowest BCUT2D eigenvalue weighted by atomic mass is 9.96. The summed E-state index contributed by atoms with van der Waals surface area (Å²) in [5.41, 5.74) is 8.99. The summed E-state index contributed by atoms with van der Waals surface area (Å²) in [5, 5.41) is 0. The molecule has 8 nitrogen and oxygen atoms in total. The van der Waals surface area contributed by atoms with E-state index in [1.165, 1.54) is 31.9 Å². The number of rotatable bonds is 9. The van der Waals surface area contributed by atoms with Crippen molar-refractivity contribution in [3.8, 4) is 39.9 Å². The maximum atomic E-state index is 10.9. The van der Waals surface area contributed by atoms with Crippen molar-refractivity contribution in [1.29, 1.82) is 0 Å². The zero-order valence-corrected chi connectivity index (χ0v) is 33.0. The van der Waals surface area contributed by atoms with Crippen molar-refractivity contribution in [1.82, 2.24) is 0 Å². The van der Waals surface area contributed by atoms with E-state index in [0.717, 1.165) is 45.3 Å². The molecular weight excluding hydrogens is 668 g/mol. The fourth-order valence-electron chi connectivity index (χ4n) is 5.48. The molecule has 280 valence electrons. The molecule has 0 aliphatic heterocycles. The molecule has 5 rings (SSSR count). The highest BCUT2D eigenvalue weighted by Gasteiger charge is 2.10. The molecule has 0 spiro atoms. The molecule has 0 heterocycles. The Labute approximate surface area is 314 Å². The number of ketones is 3. The average Bonchev–Trinajstić information content (AvgIpc) is 3.15. The number of Topliss-reactive ketones (excluding diaryl/α,β-unsaturated/α-hetero) is 3. The molecule has 8 heteroatoms. The van der Waals surface area contributed by atoms with Gasteiger partial charge in [-0.3, -0.25) is 14.4 Å². The van der Waals surface area contributed by atoms with Crippen molar-refractivity contribution in [2.24, 2.45) is 0 Å². The third-order valence-corrected chi connectivity index (χ3v) is 8.12. The predicted molar refractivity (Wildman–Crippen MR) is 213 cm³/mol. The second-order valence-electron chi connectivity index (χ2n) is 12.1. The van der Waals surface area contributed by atoms with Gasteiger partial charge in [-0.1, -0.05) is 42.5 Å². The quantitative estimate of drug-likeness (QED) is 0.139. The summed E-state index contributed by atoms with van der Waals surface area (Å²) in [6.07, 6.45) is 0. The van der Waals surface area contributed by atoms with Crippen molar-refractivity contribution >= 4 is 17.3 Å². The van der Waals surface area contributed by atoms with E-state index >= 15 is 0 Å². The number of carbonyl (C=O) groups excluding carboxylic acids is 3. The lowest BCUT2D eigenvalue weighted by Crippen LogP contribution is -1.96. The first-order valence-electron chi connectivity index (χ1n) is 17.0. The van der Waals surface area contributed by atoms with Crippen LogP contribution >= 0.6 is 0 Å². The third-order valence-electron chi connectivity index (χ3n) is 8.12. The van der Waals surface area contributed by atoms with Gasteiger partial charge in [-0.15, -0.1) is 0 Å². The second kappa shape index (κ2) is 21.5. The predicted octanol–water partition coefficient (Wildman–Crippen LogP) is 10.3. The fourth-order valence-corrected chi connectivity index (χ4v) is 5.48. The van der Waals surface area contributed by atoms with Crippen molar-refractivity contribution < 1.29 is 38.1 Å². The van der Waals surface area contributed by atoms with Gasteiger partial charge in [0.1, 0.15) is 28.7 Å². The molecule has 0 radical (unpaired) electrons. The maximum absolute atomic E-state index is 10.9. The lowest BCUT2D eigenvalue weighted by molar-refractivity contribution is 0.100. The van der Waals surface area contributed by atoms with E-state index in [1.54, 1.807) is 71.9 Å². The zero-order valence-electron chi connectivity index (χ0n) is 33.0. The number of aryl methyl sites for hydroxylation is 4. The van der Waals surface area contributed by atoms with Crippen LogP contribution in [0.4, 0.5) is 0 Å². The minimum atomic E-state index is 0.0186. The Morgan fingerprint density at radius 2 is 0.792 bits per heavy atom. The summed E-state index contributed by atoms with van der Waals surface area (Å²) in [6.45, 7) is 12.9. The summed E-state index contributed by atoms with van der Waals surface area (Å²) >= 11 is 0. The van der Waals surface area contributed by atoms with E-state index < -0.39 is 0 Å². The SMILES string of the molecule is CC(=O)c1ccc(C(C)=O)cc1.COc1c(C)cc(-c2cc(C)c(OC)c(C)c2)cc1C.COc1cccc(OC)c1.COc1ccccc1C(C)=O. The summed E-state index contributed by atoms with van der Waals surface area (Å²) < 4.78 is 25.8. The topological polar surface area (TPSA) is 97.4 Å². The van der Waals surface area contributed by atoms with Gasteiger partial charge in [0.15, 0.2) is 17.3 Å². The van der Waals surface area contributed by atoms with Gasteiger partial charge in [0.05, 0.1) is 41.1 Å². The first-order valence-corrected chi connectivity index (χ1v) is 17.0. The van der Waals surface area contributed by atoms with Crippen LogP contribution in [-0.4, -0.2) is 52.9 Å². The Morgan fingerprint density at radius 1 is 0.415 bits per heavy atom. The van der Waals surface area contributed by atoms with Crippen LogP contribution in [0.3, 0.4) is 0 Å². The van der Waals surface area contributed by atoms with Crippen molar-refractivity contribution in [2.75, 3.05) is 35.5 Å². The van der Waals surface area contributed by atoms with Crippen LogP contribution in [0.2, 0.25) is 0 Å². The molecular formula is C45H52O8. The maximum Gasteiger partial charge on any atom is 0.163 e. The van der Waals surface area contributed by atoms with Gasteiger partial charge in [-0.25, -0.2) is 0 Å². The zero-order chi connectivity index (χ0) is 39.7. The van der Waals surface area contributed by atoms with Crippen molar-refractivity contribution in [3.63, 3.8) is 0 Å². The molecule has 5 aromatic rings. The first kappa shape index (κ1) is 43.3. The Balaban J connectivity index is 0.000000256. The number of carbonyl (C=O) groups is 3. The van der Waals surface area contributed by atoms with Crippen molar-refractivity contribution in [2.45, 2.75) is 48.5 Å². The average molecular weight is 721 g/mol. The van der Waals surface area contributed by atoms with Gasteiger partial charge in [-0.2, -0.15) is 0 Å². The molecule has 0 amide bonds. The Hall–Kier alpha value is -5.89. The number of hydrogen-bond donors (Lipinski definition) is 0. The fraction of sp³-hybridized carbons (Fsp3) is 0.267. The van der Waals surface area contributed by atoms with E-state index in [4.69, 9.17) is 23.7 Å². The van der Waals surface area contributed by atoms with Crippen LogP contribution in [-0.2, 0) is 0 Å². The highest BCUT2D eigenvalue weighted by Crippen LogP contribution is 2.34. The third kappa shape index (κ3) is 13.0. The largest absolute Gasteiger partial charge is 0.497 e. The van der Waals surface area contributed by atoms with Crippen LogP contribution in [0.5, 0.6) is 28.7 Å². The highest BCUT2D eigenvalue weighted by molar-refractivity contribution is 5.98. The minimum absolute atomic E-state index is 0.0186. The van der Waals surface area contributed by atoms with E-state index in [9.17, 15) is 14.4 Å². The number of para-hydroxylation sites is 1. The molecule has 0 aromatic heterocycles. The van der Waals surface area contributed by atoms with Crippen LogP contribution in [0.15, 0.2) is 97.1 Å². The van der Waals surface area contributed by atoms with E-state index in [0.29, 0.717) is 22.4 Å². The summed E-state index contributed by atoms with van der Waals surface area (Å²) in [6, 6.07) is 30.0. The van der Waals surface area contributed by atoms with Gasteiger partial charge in [0.25, 0.3) is 0 Å². The minimum Gasteiger partial charge on any atom is -0.497 e. The molecule has 0 fully saturated rings. The molecule has 53 heavy (non-hydrogen) atoms. The molecule has 0 atom stereocenters. The normalized spacial score (nSPS) is 9.74. The van der Waals surface area contributed by atoms with E-state index in [1.807, 2.05) is 36.4 Å². The summed E-state index contributed by atoms with van der Waals surface area (Å²) in [4.78, 5) is 32.6. The molecule has 0 unspecified atom stereocenters. The number of methoxy groups -OCH3 is 5. The van der Waals surface area contributed by atoms with Gasteiger partial charge in [-0.05, 0) is 130 Å². The molecule has 0 aliphatic carbocycles. The Morgan fingerprint density at radius 3 is 1.08 bits per heavy atom. The number of ether oxygens (including phenoxy) is 5. The highest BCUT2D eigenvalue weighted by atomic mass is 16.5. The molecule has 0 N–H and O–H groups in total. The number of hydrogen-bond acceptors (Lipinski definition) is 8. The molecule has 0 aliphatic rings. The standard InChI is InChI=1S/C18H22O2.C10H10O2.C9H10O2.C8H10O2/c1-11-7-15(8-12(2)17(11)19-5)16-9-13(3)18(20-6)14(4)10-16;1-7(11)9-3-5-10(6-4-9)8(2)12;1-7(10)8-5-3-4-6-9(8)11-2;1-9-7-4-3-5-8(6-7)10-2/h7-10H,1-6H3;3-6H,1-2H3;3-6H,1-2H3;3-6H,1-2H3. The molecule has 0 bridgehead atoms. The second-order valence-corrected chi connectivity index (χ2v) is 12.1. The van der Waals surface area contributed by atoms with Gasteiger partial charge in [0.2, 0.25) is 0 Å². The smallest absolute Gasteiger partial charge is 0.163 e. The van der Waals surface area contributed by atoms with Gasteiger partial charge < -0.3 is 23.7 Å².